The van der Waals surface area contributed by atoms with Crippen LogP contribution in [0.5, 0.6) is 0 Å². The Hall–Kier alpha value is -1.40. The van der Waals surface area contributed by atoms with Crippen molar-refractivity contribution < 1.29 is 9.45 Å². The molecule has 0 aromatic carbocycles. The molecule has 12 heavy (non-hydrogen) atoms. The van der Waals surface area contributed by atoms with Crippen LogP contribution in [-0.2, 0) is 9.45 Å². The maximum absolute atomic E-state index is 10.8. The van der Waals surface area contributed by atoms with E-state index in [1.54, 1.807) is 0 Å². The molecule has 0 saturated carbocycles. The van der Waals surface area contributed by atoms with E-state index in [0.717, 1.165) is 0 Å². The maximum atomic E-state index is 10.8. The van der Waals surface area contributed by atoms with Crippen molar-refractivity contribution in [2.24, 2.45) is 10.8 Å². The number of carbonyl (C=O) groups excluding carboxylic acids is 1. The molecule has 0 rings (SSSR count). The van der Waals surface area contributed by atoms with Gasteiger partial charge in [-0.2, -0.15) is 0 Å². The van der Waals surface area contributed by atoms with Crippen molar-refractivity contribution in [1.82, 2.24) is 0 Å². The molecule has 3 N–H and O–H groups in total. The molecule has 0 aromatic rings. The molecule has 0 bridgehead atoms. The first-order chi connectivity index (χ1) is 5.63. The Morgan fingerprint density at radius 1 is 1.92 bits per heavy atom. The van der Waals surface area contributed by atoms with E-state index in [0.29, 0.717) is 7.27 Å². The average molecular weight is 169 g/mol. The monoisotopic (exact) mass is 169 g/mol. The van der Waals surface area contributed by atoms with Crippen LogP contribution >= 0.6 is 0 Å². The van der Waals surface area contributed by atoms with E-state index in [4.69, 9.17) is 16.6 Å². The molecule has 0 aliphatic carbocycles. The first-order valence-corrected chi connectivity index (χ1v) is 3.12. The summed E-state index contributed by atoms with van der Waals surface area (Å²) in [5.41, 5.74) is 13.3. The summed E-state index contributed by atoms with van der Waals surface area (Å²) < 4.78 is 4.17. The van der Waals surface area contributed by atoms with E-state index >= 15 is 0 Å². The van der Waals surface area contributed by atoms with Gasteiger partial charge in [-0.05, 0) is 0 Å². The van der Waals surface area contributed by atoms with E-state index in [2.05, 4.69) is 14.7 Å². The van der Waals surface area contributed by atoms with Gasteiger partial charge in [0.25, 0.3) is 0 Å². The third-order valence-corrected chi connectivity index (χ3v) is 1.20. The number of azide groups is 1. The molecule has 1 unspecified atom stereocenters. The molecule has 8 heteroatoms. The van der Waals surface area contributed by atoms with E-state index in [-0.39, 0.29) is 0 Å². The molecule has 0 radical (unpaired) electrons. The van der Waals surface area contributed by atoms with E-state index in [9.17, 15) is 4.79 Å². The fraction of sp³-hybridized carbons (Fsp3) is 0.750. The molecule has 0 aliphatic rings. The topological polar surface area (TPSA) is 125 Å². The normalized spacial score (nSPS) is 13.5. The van der Waals surface area contributed by atoms with Gasteiger partial charge in [0, 0.05) is 0 Å². The zero-order chi connectivity index (χ0) is 9.56. The summed E-state index contributed by atoms with van der Waals surface area (Å²) in [6.07, 6.45) is 0. The Kier molecular flexibility index (Phi) is 4.67. The molecule has 0 aliphatic heterocycles. The van der Waals surface area contributed by atoms with Gasteiger partial charge in [0.2, 0.25) is 0 Å². The number of hydrogen-bond donors (Lipinski definition) is 2. The number of nitrogens with one attached hydrogen (secondary N) is 1. The molecular formula is C4H8BN5O2. The number of carbonyl (C=O) groups is 1. The van der Waals surface area contributed by atoms with Gasteiger partial charge in [0.1, 0.15) is 0 Å². The van der Waals surface area contributed by atoms with Crippen LogP contribution in [0.3, 0.4) is 0 Å². The van der Waals surface area contributed by atoms with Crippen molar-refractivity contribution in [3.63, 3.8) is 0 Å². The predicted molar refractivity (Wildman–Crippen MR) is 41.1 cm³/mol. The first-order valence-electron chi connectivity index (χ1n) is 3.12. The van der Waals surface area contributed by atoms with Crippen molar-refractivity contribution in [2.75, 3.05) is 0 Å². The molecule has 2 atom stereocenters. The first kappa shape index (κ1) is 10.6. The van der Waals surface area contributed by atoms with Crippen molar-refractivity contribution in [1.29, 1.82) is 5.31 Å². The summed E-state index contributed by atoms with van der Waals surface area (Å²) in [5, 5.41) is 9.65. The molecule has 64 valence electrons. The zero-order valence-electron chi connectivity index (χ0n) is 6.47. The van der Waals surface area contributed by atoms with Gasteiger partial charge in [0.15, 0.2) is 0 Å². The molecule has 0 aromatic heterocycles. The van der Waals surface area contributed by atoms with Crippen LogP contribution in [0.4, 0.5) is 0 Å². The molecule has 0 heterocycles. The molecule has 0 fully saturated rings. The molecule has 7 nitrogen and oxygen atoms in total. The number of nitrogens with two attached hydrogens (primary N) is 1. The van der Waals surface area contributed by atoms with Gasteiger partial charge in [-0.15, -0.1) is 0 Å². The fourth-order valence-corrected chi connectivity index (χ4v) is 0.487. The van der Waals surface area contributed by atoms with Gasteiger partial charge in [-0.25, -0.2) is 0 Å². The van der Waals surface area contributed by atoms with Crippen molar-refractivity contribution in [3.8, 4) is 0 Å². The van der Waals surface area contributed by atoms with E-state index < -0.39 is 18.1 Å². The van der Waals surface area contributed by atoms with Crippen LogP contribution in [-0.4, -0.2) is 25.3 Å². The Morgan fingerprint density at radius 2 is 2.50 bits per heavy atom. The van der Waals surface area contributed by atoms with Crippen LogP contribution < -0.4 is 5.73 Å². The van der Waals surface area contributed by atoms with Gasteiger partial charge < -0.3 is 0 Å². The van der Waals surface area contributed by atoms with Gasteiger partial charge in [-0.3, -0.25) is 0 Å². The second kappa shape index (κ2) is 5.28. The Labute approximate surface area is 69.3 Å². The zero-order valence-corrected chi connectivity index (χ0v) is 6.47. The quantitative estimate of drug-likeness (QED) is 0.265. The molecule has 0 saturated heterocycles. The van der Waals surface area contributed by atoms with Gasteiger partial charge in [-0.1, -0.05) is 0 Å². The van der Waals surface area contributed by atoms with Crippen LogP contribution in [0.15, 0.2) is 5.11 Å². The second-order valence-corrected chi connectivity index (χ2v) is 2.03. The predicted octanol–water partition coefficient (Wildman–Crippen LogP) is -0.0627. The third-order valence-electron chi connectivity index (χ3n) is 1.20. The summed E-state index contributed by atoms with van der Waals surface area (Å²) in [5.74, 6) is -0.787. The summed E-state index contributed by atoms with van der Waals surface area (Å²) in [6.45, 7) is 1.48. The van der Waals surface area contributed by atoms with Gasteiger partial charge >= 0.3 is 68.3 Å². The van der Waals surface area contributed by atoms with Gasteiger partial charge in [0.05, 0.1) is 0 Å². The summed E-state index contributed by atoms with van der Waals surface area (Å²) >= 11 is 0. The SMILES string of the molecule is CC(N=[N+]=[N-])[C@H](N)C(=O)OB=N. The number of rotatable bonds is 4. The average Bonchev–Trinajstić information content (AvgIpc) is 2.04. The minimum absolute atomic E-state index is 0.477. The summed E-state index contributed by atoms with van der Waals surface area (Å²) in [6, 6.07) is -1.70. The Bertz CT molecular complexity index is 225. The van der Waals surface area contributed by atoms with Crippen molar-refractivity contribution >= 4 is 13.2 Å². The summed E-state index contributed by atoms with van der Waals surface area (Å²) in [7, 11) is 0.477. The van der Waals surface area contributed by atoms with Crippen molar-refractivity contribution in [2.45, 2.75) is 19.0 Å². The number of nitrogens with zero attached hydrogens (tertiary/aromatic N) is 3. The molecular weight excluding hydrogens is 161 g/mol. The third kappa shape index (κ3) is 3.13. The Balaban J connectivity index is 4.16. The van der Waals surface area contributed by atoms with E-state index in [1.165, 1.54) is 6.92 Å². The van der Waals surface area contributed by atoms with Crippen LogP contribution in [0, 0.1) is 5.31 Å². The second-order valence-electron chi connectivity index (χ2n) is 2.03. The van der Waals surface area contributed by atoms with Crippen LogP contribution in [0.1, 0.15) is 6.92 Å². The van der Waals surface area contributed by atoms with Crippen molar-refractivity contribution in [3.05, 3.63) is 10.4 Å². The molecule has 0 spiro atoms. The minimum atomic E-state index is -1.03. The van der Waals surface area contributed by atoms with Crippen LogP contribution in [0.25, 0.3) is 10.4 Å². The molecule has 0 amide bonds. The Morgan fingerprint density at radius 3 is 2.92 bits per heavy atom. The number of hydrogen-bond acceptors (Lipinski definition) is 5. The fourth-order valence-electron chi connectivity index (χ4n) is 0.487. The standard InChI is InChI=1S/C4H8BN5O2/c1-2(9-10-8)3(6)4(11)12-5-7/h2-3,7H,6H2,1H3/t2?,3-/m0/s1. The van der Waals surface area contributed by atoms with Crippen LogP contribution in [0.2, 0.25) is 0 Å². The summed E-state index contributed by atoms with van der Waals surface area (Å²) in [4.78, 5) is 13.3. The van der Waals surface area contributed by atoms with E-state index in [1.807, 2.05) is 0 Å².